The summed E-state index contributed by atoms with van der Waals surface area (Å²) in [5.41, 5.74) is 4.26. The van der Waals surface area contributed by atoms with E-state index in [1.807, 2.05) is 59.3 Å². The topological polar surface area (TPSA) is 43.9 Å². The number of benzene rings is 2. The Balaban J connectivity index is 1.46. The van der Waals surface area contributed by atoms with E-state index in [1.54, 1.807) is 18.6 Å². The molecule has 2 aromatic carbocycles. The van der Waals surface area contributed by atoms with Gasteiger partial charge in [-0.2, -0.15) is 0 Å². The first kappa shape index (κ1) is 17.5. The molecule has 0 fully saturated rings. The third kappa shape index (κ3) is 3.46. The van der Waals surface area contributed by atoms with Crippen LogP contribution in [0.15, 0.2) is 102 Å². The van der Waals surface area contributed by atoms with Crippen molar-refractivity contribution in [1.29, 1.82) is 0 Å². The molecule has 4 nitrogen and oxygen atoms in total. The molecule has 0 radical (unpaired) electrons. The van der Waals surface area contributed by atoms with Crippen molar-refractivity contribution in [3.63, 3.8) is 0 Å². The fraction of sp³-hybridized carbons (Fsp3) is 0. The van der Waals surface area contributed by atoms with Crippen LogP contribution in [0, 0.1) is 0 Å². The van der Waals surface area contributed by atoms with E-state index in [1.165, 1.54) is 0 Å². The Bertz CT molecular complexity index is 1240. The van der Waals surface area contributed by atoms with Crippen LogP contribution < -0.4 is 0 Å². The summed E-state index contributed by atoms with van der Waals surface area (Å²) in [7, 11) is 0. The minimum atomic E-state index is 0.700. The zero-order chi connectivity index (χ0) is 19.6. The first-order valence-corrected chi connectivity index (χ1v) is 9.56. The lowest BCUT2D eigenvalue weighted by molar-refractivity contribution is 0.590. The molecule has 5 heteroatoms. The maximum Gasteiger partial charge on any atom is 0.180 e. The Labute approximate surface area is 173 Å². The lowest BCUT2D eigenvalue weighted by Crippen LogP contribution is -1.95. The van der Waals surface area contributed by atoms with Gasteiger partial charge in [-0.05, 0) is 71.8 Å². The lowest BCUT2D eigenvalue weighted by Gasteiger charge is -2.08. The van der Waals surface area contributed by atoms with Crippen molar-refractivity contribution in [3.8, 4) is 39.7 Å². The molecule has 0 aliphatic rings. The van der Waals surface area contributed by atoms with Crippen LogP contribution in [0.1, 0.15) is 0 Å². The van der Waals surface area contributed by atoms with E-state index >= 15 is 0 Å². The van der Waals surface area contributed by atoms with Gasteiger partial charge in [-0.25, -0.2) is 4.98 Å². The van der Waals surface area contributed by atoms with Gasteiger partial charge in [0.15, 0.2) is 11.6 Å². The molecule has 0 saturated heterocycles. The van der Waals surface area contributed by atoms with Crippen LogP contribution in [0.4, 0.5) is 0 Å². The van der Waals surface area contributed by atoms with E-state index in [0.717, 1.165) is 34.0 Å². The zero-order valence-electron chi connectivity index (χ0n) is 15.4. The predicted molar refractivity (Wildman–Crippen MR) is 115 cm³/mol. The molecule has 0 atom stereocenters. The maximum absolute atomic E-state index is 6.08. The van der Waals surface area contributed by atoms with Gasteiger partial charge in [0.25, 0.3) is 0 Å². The normalized spacial score (nSPS) is 10.9. The van der Waals surface area contributed by atoms with Gasteiger partial charge in [-0.1, -0.05) is 23.7 Å². The number of rotatable bonds is 4. The molecule has 0 aliphatic carbocycles. The average molecular weight is 398 g/mol. The second-order valence-corrected chi connectivity index (χ2v) is 7.01. The molecule has 3 heterocycles. The Kier molecular flexibility index (Phi) is 4.47. The maximum atomic E-state index is 6.08. The first-order valence-electron chi connectivity index (χ1n) is 9.18. The van der Waals surface area contributed by atoms with Crippen molar-refractivity contribution in [1.82, 2.24) is 14.5 Å². The van der Waals surface area contributed by atoms with E-state index in [2.05, 4.69) is 34.2 Å². The predicted octanol–water partition coefficient (Wildman–Crippen LogP) is 6.51. The number of hydrogen-bond acceptors (Lipinski definition) is 3. The molecule has 0 aliphatic heterocycles. The number of imidazole rings is 1. The molecule has 0 amide bonds. The molecule has 140 valence electrons. The minimum absolute atomic E-state index is 0.700. The van der Waals surface area contributed by atoms with Crippen molar-refractivity contribution >= 4 is 11.6 Å². The van der Waals surface area contributed by atoms with Crippen LogP contribution in [0.5, 0.6) is 0 Å². The first-order chi connectivity index (χ1) is 14.3. The average Bonchev–Trinajstić information content (AvgIpc) is 3.45. The highest BCUT2D eigenvalue weighted by Gasteiger charge is 2.13. The van der Waals surface area contributed by atoms with Gasteiger partial charge < -0.3 is 4.42 Å². The van der Waals surface area contributed by atoms with Crippen LogP contribution in [0.3, 0.4) is 0 Å². The standard InChI is InChI=1S/C24H16ClN3O/c25-20-5-1-19(2-6-20)22-9-10-23(29-22)24-27-15-16-28(24)21-7-3-17(4-8-21)18-11-13-26-14-12-18/h1-16H. The summed E-state index contributed by atoms with van der Waals surface area (Å²) >= 11 is 5.98. The van der Waals surface area contributed by atoms with E-state index in [9.17, 15) is 0 Å². The highest BCUT2D eigenvalue weighted by Crippen LogP contribution is 2.30. The van der Waals surface area contributed by atoms with Gasteiger partial charge in [0.1, 0.15) is 5.76 Å². The summed E-state index contributed by atoms with van der Waals surface area (Å²) < 4.78 is 8.09. The van der Waals surface area contributed by atoms with Crippen molar-refractivity contribution in [2.75, 3.05) is 0 Å². The number of pyridine rings is 1. The summed E-state index contributed by atoms with van der Waals surface area (Å²) in [6, 6.07) is 23.8. The summed E-state index contributed by atoms with van der Waals surface area (Å²) in [5, 5.41) is 0.700. The third-order valence-corrected chi connectivity index (χ3v) is 5.01. The molecule has 3 aromatic heterocycles. The molecule has 29 heavy (non-hydrogen) atoms. The van der Waals surface area contributed by atoms with Gasteiger partial charge in [0.05, 0.1) is 0 Å². The van der Waals surface area contributed by atoms with E-state index in [-0.39, 0.29) is 0 Å². The third-order valence-electron chi connectivity index (χ3n) is 4.75. The molecule has 0 saturated carbocycles. The largest absolute Gasteiger partial charge is 0.453 e. The molecule has 0 unspecified atom stereocenters. The molecule has 0 N–H and O–H groups in total. The quantitative estimate of drug-likeness (QED) is 0.347. The molecule has 5 aromatic rings. The van der Waals surface area contributed by atoms with E-state index in [4.69, 9.17) is 16.0 Å². The van der Waals surface area contributed by atoms with Crippen LogP contribution in [-0.2, 0) is 0 Å². The minimum Gasteiger partial charge on any atom is -0.453 e. The summed E-state index contributed by atoms with van der Waals surface area (Å²) in [5.74, 6) is 2.24. The van der Waals surface area contributed by atoms with E-state index < -0.39 is 0 Å². The van der Waals surface area contributed by atoms with Gasteiger partial charge >= 0.3 is 0 Å². The SMILES string of the molecule is Clc1ccc(-c2ccc(-c3nccn3-c3ccc(-c4ccncc4)cc3)o2)cc1. The molecular weight excluding hydrogens is 382 g/mol. The number of nitrogens with zero attached hydrogens (tertiary/aromatic N) is 3. The number of halogens is 1. The smallest absolute Gasteiger partial charge is 0.180 e. The Hall–Kier alpha value is -3.63. The second kappa shape index (κ2) is 7.41. The number of furan rings is 1. The molecule has 5 rings (SSSR count). The van der Waals surface area contributed by atoms with E-state index in [0.29, 0.717) is 10.8 Å². The van der Waals surface area contributed by atoms with Crippen molar-refractivity contribution in [3.05, 3.63) is 103 Å². The summed E-state index contributed by atoms with van der Waals surface area (Å²) in [6.45, 7) is 0. The molecule has 0 bridgehead atoms. The van der Waals surface area contributed by atoms with Crippen molar-refractivity contribution in [2.45, 2.75) is 0 Å². The van der Waals surface area contributed by atoms with Gasteiger partial charge in [0, 0.05) is 41.1 Å². The molecule has 0 spiro atoms. The fourth-order valence-electron chi connectivity index (χ4n) is 3.28. The van der Waals surface area contributed by atoms with Gasteiger partial charge in [-0.3, -0.25) is 9.55 Å². The van der Waals surface area contributed by atoms with Crippen LogP contribution >= 0.6 is 11.6 Å². The van der Waals surface area contributed by atoms with Crippen LogP contribution in [0.25, 0.3) is 39.7 Å². The monoisotopic (exact) mass is 397 g/mol. The fourth-order valence-corrected chi connectivity index (χ4v) is 3.41. The van der Waals surface area contributed by atoms with Gasteiger partial charge in [0.2, 0.25) is 0 Å². The van der Waals surface area contributed by atoms with Crippen molar-refractivity contribution in [2.24, 2.45) is 0 Å². The highest BCUT2D eigenvalue weighted by atomic mass is 35.5. The number of aromatic nitrogens is 3. The second-order valence-electron chi connectivity index (χ2n) is 6.57. The zero-order valence-corrected chi connectivity index (χ0v) is 16.1. The summed E-state index contributed by atoms with van der Waals surface area (Å²) in [4.78, 5) is 8.58. The van der Waals surface area contributed by atoms with Gasteiger partial charge in [-0.15, -0.1) is 0 Å². The highest BCUT2D eigenvalue weighted by molar-refractivity contribution is 6.30. The Morgan fingerprint density at radius 2 is 1.31 bits per heavy atom. The summed E-state index contributed by atoms with van der Waals surface area (Å²) in [6.07, 6.45) is 7.30. The lowest BCUT2D eigenvalue weighted by atomic mass is 10.1. The Morgan fingerprint density at radius 1 is 0.655 bits per heavy atom. The number of hydrogen-bond donors (Lipinski definition) is 0. The Morgan fingerprint density at radius 3 is 2.07 bits per heavy atom. The van der Waals surface area contributed by atoms with Crippen LogP contribution in [0.2, 0.25) is 5.02 Å². The van der Waals surface area contributed by atoms with Crippen molar-refractivity contribution < 1.29 is 4.42 Å². The molecular formula is C24H16ClN3O. The van der Waals surface area contributed by atoms with Crippen LogP contribution in [-0.4, -0.2) is 14.5 Å².